The number of amides is 1. The van der Waals surface area contributed by atoms with Crippen LogP contribution in [0.2, 0.25) is 0 Å². The molecule has 0 aliphatic carbocycles. The molecule has 1 aliphatic heterocycles. The standard InChI is InChI=1S/C14H20N4O2/c1-9-7-18(5-4-16-9)8-13(19)17-14-12(6-15)10(2)11(3)20-14/h9,16H,4-5,7-8H2,1-3H3,(H,17,19). The van der Waals surface area contributed by atoms with E-state index in [0.29, 0.717) is 23.9 Å². The van der Waals surface area contributed by atoms with Crippen LogP contribution in [0, 0.1) is 25.2 Å². The van der Waals surface area contributed by atoms with Crippen molar-refractivity contribution in [1.29, 1.82) is 5.26 Å². The fourth-order valence-electron chi connectivity index (χ4n) is 2.37. The second kappa shape index (κ2) is 6.07. The van der Waals surface area contributed by atoms with Crippen molar-refractivity contribution < 1.29 is 9.21 Å². The van der Waals surface area contributed by atoms with Crippen LogP contribution in [0.1, 0.15) is 23.8 Å². The number of nitrogens with zero attached hydrogens (tertiary/aromatic N) is 2. The van der Waals surface area contributed by atoms with Crippen LogP contribution in [0.15, 0.2) is 4.42 Å². The fourth-order valence-corrected chi connectivity index (χ4v) is 2.37. The van der Waals surface area contributed by atoms with Crippen molar-refractivity contribution in [3.05, 3.63) is 16.9 Å². The summed E-state index contributed by atoms with van der Waals surface area (Å²) in [6, 6.07) is 2.46. The first-order valence-electron chi connectivity index (χ1n) is 6.77. The molecule has 2 heterocycles. The van der Waals surface area contributed by atoms with Gasteiger partial charge < -0.3 is 9.73 Å². The minimum Gasteiger partial charge on any atom is -0.444 e. The van der Waals surface area contributed by atoms with Crippen molar-refractivity contribution in [2.45, 2.75) is 26.8 Å². The average molecular weight is 276 g/mol. The molecule has 1 atom stereocenters. The number of aryl methyl sites for hydroxylation is 1. The number of piperazine rings is 1. The van der Waals surface area contributed by atoms with E-state index in [1.807, 2.05) is 6.92 Å². The van der Waals surface area contributed by atoms with Gasteiger partial charge in [-0.05, 0) is 20.8 Å². The second-order valence-corrected chi connectivity index (χ2v) is 5.24. The zero-order chi connectivity index (χ0) is 14.7. The summed E-state index contributed by atoms with van der Waals surface area (Å²) in [6.07, 6.45) is 0. The highest BCUT2D eigenvalue weighted by Crippen LogP contribution is 2.25. The first kappa shape index (κ1) is 14.6. The maximum atomic E-state index is 12.0. The van der Waals surface area contributed by atoms with Crippen molar-refractivity contribution in [3.63, 3.8) is 0 Å². The Morgan fingerprint density at radius 2 is 2.35 bits per heavy atom. The molecule has 108 valence electrons. The fraction of sp³-hybridized carbons (Fsp3) is 0.571. The van der Waals surface area contributed by atoms with Gasteiger partial charge in [0.15, 0.2) is 0 Å². The molecule has 0 aromatic carbocycles. The Hall–Kier alpha value is -1.84. The Morgan fingerprint density at radius 3 is 3.00 bits per heavy atom. The molecule has 0 saturated carbocycles. The predicted molar refractivity (Wildman–Crippen MR) is 75.4 cm³/mol. The maximum absolute atomic E-state index is 12.0. The molecular weight excluding hydrogens is 256 g/mol. The Bertz CT molecular complexity index is 544. The largest absolute Gasteiger partial charge is 0.444 e. The Labute approximate surface area is 118 Å². The number of carbonyl (C=O) groups excluding carboxylic acids is 1. The molecule has 2 rings (SSSR count). The van der Waals surface area contributed by atoms with E-state index in [0.717, 1.165) is 25.2 Å². The second-order valence-electron chi connectivity index (χ2n) is 5.24. The minimum atomic E-state index is -0.149. The summed E-state index contributed by atoms with van der Waals surface area (Å²) in [4.78, 5) is 14.1. The Kier molecular flexibility index (Phi) is 4.42. The molecule has 1 amide bonds. The molecule has 1 aliphatic rings. The van der Waals surface area contributed by atoms with Gasteiger partial charge in [0.05, 0.1) is 6.54 Å². The number of nitriles is 1. The van der Waals surface area contributed by atoms with Crippen molar-refractivity contribution in [2.24, 2.45) is 0 Å². The molecule has 1 saturated heterocycles. The summed E-state index contributed by atoms with van der Waals surface area (Å²) in [6.45, 7) is 8.58. The number of hydrogen-bond donors (Lipinski definition) is 2. The van der Waals surface area contributed by atoms with Crippen molar-refractivity contribution in [2.75, 3.05) is 31.5 Å². The number of hydrogen-bond acceptors (Lipinski definition) is 5. The molecule has 20 heavy (non-hydrogen) atoms. The number of anilines is 1. The minimum absolute atomic E-state index is 0.149. The van der Waals surface area contributed by atoms with Gasteiger partial charge in [-0.3, -0.25) is 15.0 Å². The summed E-state index contributed by atoms with van der Waals surface area (Å²) in [5.74, 6) is 0.771. The third kappa shape index (κ3) is 3.18. The van der Waals surface area contributed by atoms with Gasteiger partial charge in [0.2, 0.25) is 11.8 Å². The summed E-state index contributed by atoms with van der Waals surface area (Å²) >= 11 is 0. The van der Waals surface area contributed by atoms with Gasteiger partial charge in [-0.1, -0.05) is 0 Å². The number of nitrogens with one attached hydrogen (secondary N) is 2. The van der Waals surface area contributed by atoms with Gasteiger partial charge in [-0.15, -0.1) is 0 Å². The SMILES string of the molecule is Cc1oc(NC(=O)CN2CCNC(C)C2)c(C#N)c1C. The molecule has 6 heteroatoms. The molecule has 6 nitrogen and oxygen atoms in total. The van der Waals surface area contributed by atoms with Gasteiger partial charge in [0, 0.05) is 31.2 Å². The molecule has 2 N–H and O–H groups in total. The predicted octanol–water partition coefficient (Wildman–Crippen LogP) is 1.00. The lowest BCUT2D eigenvalue weighted by molar-refractivity contribution is -0.117. The Morgan fingerprint density at radius 1 is 1.60 bits per heavy atom. The number of carbonyl (C=O) groups is 1. The molecule has 1 aromatic heterocycles. The van der Waals surface area contributed by atoms with Crippen molar-refractivity contribution in [3.8, 4) is 6.07 Å². The van der Waals surface area contributed by atoms with Crippen LogP contribution in [-0.4, -0.2) is 43.0 Å². The highest BCUT2D eigenvalue weighted by Gasteiger charge is 2.20. The van der Waals surface area contributed by atoms with Crippen LogP contribution in [-0.2, 0) is 4.79 Å². The van der Waals surface area contributed by atoms with E-state index in [1.54, 1.807) is 6.92 Å². The van der Waals surface area contributed by atoms with Crippen LogP contribution >= 0.6 is 0 Å². The van der Waals surface area contributed by atoms with Crippen LogP contribution in [0.4, 0.5) is 5.88 Å². The molecule has 1 aromatic rings. The summed E-state index contributed by atoms with van der Waals surface area (Å²) in [7, 11) is 0. The molecule has 1 fully saturated rings. The van der Waals surface area contributed by atoms with Crippen LogP contribution in [0.5, 0.6) is 0 Å². The molecule has 0 bridgehead atoms. The van der Waals surface area contributed by atoms with Crippen LogP contribution < -0.4 is 10.6 Å². The van der Waals surface area contributed by atoms with Gasteiger partial charge in [0.25, 0.3) is 0 Å². The maximum Gasteiger partial charge on any atom is 0.240 e. The van der Waals surface area contributed by atoms with Gasteiger partial charge >= 0.3 is 0 Å². The quantitative estimate of drug-likeness (QED) is 0.860. The lowest BCUT2D eigenvalue weighted by Crippen LogP contribution is -2.51. The summed E-state index contributed by atoms with van der Waals surface area (Å²) in [5.41, 5.74) is 1.18. The van der Waals surface area contributed by atoms with E-state index in [1.165, 1.54) is 0 Å². The van der Waals surface area contributed by atoms with E-state index in [2.05, 4.69) is 28.5 Å². The monoisotopic (exact) mass is 276 g/mol. The smallest absolute Gasteiger partial charge is 0.240 e. The van der Waals surface area contributed by atoms with E-state index in [9.17, 15) is 4.79 Å². The number of rotatable bonds is 3. The summed E-state index contributed by atoms with van der Waals surface area (Å²) in [5, 5.41) is 15.1. The summed E-state index contributed by atoms with van der Waals surface area (Å²) < 4.78 is 5.43. The average Bonchev–Trinajstić information content (AvgIpc) is 2.64. The highest BCUT2D eigenvalue weighted by atomic mass is 16.4. The lowest BCUT2D eigenvalue weighted by atomic mass is 10.2. The lowest BCUT2D eigenvalue weighted by Gasteiger charge is -2.31. The number of furan rings is 1. The topological polar surface area (TPSA) is 81.3 Å². The third-order valence-corrected chi connectivity index (χ3v) is 3.57. The molecule has 0 radical (unpaired) electrons. The highest BCUT2D eigenvalue weighted by molar-refractivity contribution is 5.92. The van der Waals surface area contributed by atoms with E-state index < -0.39 is 0 Å². The first-order valence-corrected chi connectivity index (χ1v) is 6.77. The zero-order valence-corrected chi connectivity index (χ0v) is 12.1. The molecule has 1 unspecified atom stereocenters. The Balaban J connectivity index is 1.98. The zero-order valence-electron chi connectivity index (χ0n) is 12.1. The molecule has 0 spiro atoms. The van der Waals surface area contributed by atoms with Gasteiger partial charge in [-0.2, -0.15) is 5.26 Å². The molecular formula is C14H20N4O2. The van der Waals surface area contributed by atoms with E-state index in [4.69, 9.17) is 9.68 Å². The van der Waals surface area contributed by atoms with Crippen LogP contribution in [0.3, 0.4) is 0 Å². The van der Waals surface area contributed by atoms with Crippen molar-refractivity contribution >= 4 is 11.8 Å². The van der Waals surface area contributed by atoms with E-state index >= 15 is 0 Å². The normalized spacial score (nSPS) is 19.6. The van der Waals surface area contributed by atoms with E-state index in [-0.39, 0.29) is 11.8 Å². The third-order valence-electron chi connectivity index (χ3n) is 3.57. The van der Waals surface area contributed by atoms with Gasteiger partial charge in [0.1, 0.15) is 17.4 Å². The van der Waals surface area contributed by atoms with Gasteiger partial charge in [-0.25, -0.2) is 0 Å². The first-order chi connectivity index (χ1) is 9.51. The van der Waals surface area contributed by atoms with Crippen LogP contribution in [0.25, 0.3) is 0 Å². The van der Waals surface area contributed by atoms with Crippen molar-refractivity contribution in [1.82, 2.24) is 10.2 Å².